The van der Waals surface area contributed by atoms with Gasteiger partial charge in [0, 0.05) is 18.2 Å². The average Bonchev–Trinajstić information content (AvgIpc) is 3.31. The first-order valence-electron chi connectivity index (χ1n) is 7.81. The molecule has 0 unspecified atom stereocenters. The summed E-state index contributed by atoms with van der Waals surface area (Å²) in [5.74, 6) is 0.826. The molecule has 1 aliphatic rings. The van der Waals surface area contributed by atoms with Crippen LogP contribution >= 0.6 is 0 Å². The Balaban J connectivity index is 1.79. The van der Waals surface area contributed by atoms with Crippen LogP contribution in [0.25, 0.3) is 11.3 Å². The molecule has 1 aliphatic heterocycles. The summed E-state index contributed by atoms with van der Waals surface area (Å²) >= 11 is 0. The Morgan fingerprint density at radius 3 is 2.76 bits per heavy atom. The summed E-state index contributed by atoms with van der Waals surface area (Å²) in [6, 6.07) is 14.1. The van der Waals surface area contributed by atoms with Crippen molar-refractivity contribution >= 4 is 15.7 Å². The molecule has 2 aromatic carbocycles. The van der Waals surface area contributed by atoms with Crippen molar-refractivity contribution < 1.29 is 17.7 Å². The van der Waals surface area contributed by atoms with Gasteiger partial charge in [-0.2, -0.15) is 0 Å². The number of methoxy groups -OCH3 is 1. The SMILES string of the molecule is COc1cc(-c2ccno2)ccc1S(=O)(=O)N1CCc2ccccc21. The number of hydrogen-bond donors (Lipinski definition) is 0. The summed E-state index contributed by atoms with van der Waals surface area (Å²) in [5.41, 5.74) is 2.46. The Labute approximate surface area is 145 Å². The molecule has 0 bridgehead atoms. The summed E-state index contributed by atoms with van der Waals surface area (Å²) < 4.78 is 38.3. The standard InChI is InChI=1S/C18H16N2O4S/c1-23-17-12-14(16-8-10-19-24-16)6-7-18(17)25(21,22)20-11-9-13-4-2-3-5-15(13)20/h2-8,10,12H,9,11H2,1H3. The maximum atomic E-state index is 13.2. The number of sulfonamides is 1. The Hall–Kier alpha value is -2.80. The minimum atomic E-state index is -3.72. The van der Waals surface area contributed by atoms with Gasteiger partial charge in [0.05, 0.1) is 19.0 Å². The molecule has 6 nitrogen and oxygen atoms in total. The van der Waals surface area contributed by atoms with E-state index in [-0.39, 0.29) is 10.6 Å². The minimum Gasteiger partial charge on any atom is -0.495 e. The zero-order valence-corrected chi connectivity index (χ0v) is 14.4. The molecule has 128 valence electrons. The normalized spacial score (nSPS) is 13.7. The van der Waals surface area contributed by atoms with Crippen LogP contribution in [0.15, 0.2) is 64.1 Å². The van der Waals surface area contributed by atoms with E-state index in [0.717, 1.165) is 11.3 Å². The van der Waals surface area contributed by atoms with Crippen LogP contribution < -0.4 is 9.04 Å². The van der Waals surface area contributed by atoms with E-state index in [9.17, 15) is 8.42 Å². The van der Waals surface area contributed by atoms with E-state index in [0.29, 0.717) is 24.3 Å². The molecule has 0 aliphatic carbocycles. The van der Waals surface area contributed by atoms with E-state index in [2.05, 4.69) is 5.16 Å². The first kappa shape index (κ1) is 15.7. The van der Waals surface area contributed by atoms with E-state index in [4.69, 9.17) is 9.26 Å². The lowest BCUT2D eigenvalue weighted by molar-refractivity contribution is 0.401. The highest BCUT2D eigenvalue weighted by molar-refractivity contribution is 7.93. The van der Waals surface area contributed by atoms with Gasteiger partial charge in [0.2, 0.25) is 0 Å². The van der Waals surface area contributed by atoms with Crippen molar-refractivity contribution in [3.8, 4) is 17.1 Å². The van der Waals surface area contributed by atoms with Gasteiger partial charge in [-0.05, 0) is 36.2 Å². The van der Waals surface area contributed by atoms with Gasteiger partial charge in [0.1, 0.15) is 10.6 Å². The lowest BCUT2D eigenvalue weighted by Gasteiger charge is -2.21. The average molecular weight is 356 g/mol. The summed E-state index contributed by atoms with van der Waals surface area (Å²) in [5, 5.41) is 3.67. The zero-order valence-electron chi connectivity index (χ0n) is 13.5. The van der Waals surface area contributed by atoms with Gasteiger partial charge >= 0.3 is 0 Å². The number of aromatic nitrogens is 1. The van der Waals surface area contributed by atoms with Gasteiger partial charge < -0.3 is 9.26 Å². The zero-order chi connectivity index (χ0) is 17.4. The van der Waals surface area contributed by atoms with Gasteiger partial charge in [0.15, 0.2) is 5.76 Å². The van der Waals surface area contributed by atoms with E-state index in [1.165, 1.54) is 17.6 Å². The molecule has 0 fully saturated rings. The van der Waals surface area contributed by atoms with Crippen LogP contribution in [-0.2, 0) is 16.4 Å². The molecule has 0 amide bonds. The number of rotatable bonds is 4. The quantitative estimate of drug-likeness (QED) is 0.718. The molecule has 3 aromatic rings. The number of hydrogen-bond acceptors (Lipinski definition) is 5. The maximum absolute atomic E-state index is 13.2. The summed E-state index contributed by atoms with van der Waals surface area (Å²) in [6.07, 6.45) is 2.24. The maximum Gasteiger partial charge on any atom is 0.268 e. The molecule has 0 saturated heterocycles. The van der Waals surface area contributed by atoms with E-state index in [1.807, 2.05) is 24.3 Å². The number of anilines is 1. The predicted octanol–water partition coefficient (Wildman–Crippen LogP) is 3.10. The van der Waals surface area contributed by atoms with E-state index < -0.39 is 10.0 Å². The van der Waals surface area contributed by atoms with Crippen molar-refractivity contribution in [2.75, 3.05) is 18.0 Å². The second kappa shape index (κ2) is 5.93. The molecular weight excluding hydrogens is 340 g/mol. The van der Waals surface area contributed by atoms with Gasteiger partial charge in [-0.1, -0.05) is 23.4 Å². The Morgan fingerprint density at radius 2 is 2.00 bits per heavy atom. The molecule has 0 spiro atoms. The van der Waals surface area contributed by atoms with Crippen LogP contribution in [0.5, 0.6) is 5.75 Å². The molecule has 4 rings (SSSR count). The molecule has 1 aromatic heterocycles. The minimum absolute atomic E-state index is 0.134. The van der Waals surface area contributed by atoms with Crippen molar-refractivity contribution in [1.82, 2.24) is 5.16 Å². The molecule has 7 heteroatoms. The summed E-state index contributed by atoms with van der Waals surface area (Å²) in [7, 11) is -2.26. The third-order valence-corrected chi connectivity index (χ3v) is 6.15. The number of nitrogens with zero attached hydrogens (tertiary/aromatic N) is 2. The van der Waals surface area contributed by atoms with Crippen molar-refractivity contribution in [3.05, 3.63) is 60.3 Å². The van der Waals surface area contributed by atoms with Crippen LogP contribution in [0, 0.1) is 0 Å². The fourth-order valence-corrected chi connectivity index (χ4v) is 4.72. The number of benzene rings is 2. The summed E-state index contributed by atoms with van der Waals surface area (Å²) in [4.78, 5) is 0.134. The lowest BCUT2D eigenvalue weighted by atomic mass is 10.1. The smallest absolute Gasteiger partial charge is 0.268 e. The largest absolute Gasteiger partial charge is 0.495 e. The first-order chi connectivity index (χ1) is 12.1. The molecule has 0 N–H and O–H groups in total. The fourth-order valence-electron chi connectivity index (χ4n) is 3.08. The molecule has 0 radical (unpaired) electrons. The van der Waals surface area contributed by atoms with Crippen LogP contribution in [0.3, 0.4) is 0 Å². The highest BCUT2D eigenvalue weighted by atomic mass is 32.2. The van der Waals surface area contributed by atoms with Crippen LogP contribution in [0.4, 0.5) is 5.69 Å². The van der Waals surface area contributed by atoms with Gasteiger partial charge in [-0.25, -0.2) is 8.42 Å². The number of ether oxygens (including phenoxy) is 1. The third kappa shape index (κ3) is 2.56. The fraction of sp³-hybridized carbons (Fsp3) is 0.167. The van der Waals surface area contributed by atoms with E-state index >= 15 is 0 Å². The molecule has 0 saturated carbocycles. The van der Waals surface area contributed by atoms with Gasteiger partial charge in [-0.3, -0.25) is 4.31 Å². The topological polar surface area (TPSA) is 72.6 Å². The van der Waals surface area contributed by atoms with Crippen LogP contribution in [0.2, 0.25) is 0 Å². The van der Waals surface area contributed by atoms with Crippen LogP contribution in [0.1, 0.15) is 5.56 Å². The van der Waals surface area contributed by atoms with Gasteiger partial charge in [0.25, 0.3) is 10.0 Å². The number of fused-ring (bicyclic) bond motifs is 1. The molecule has 25 heavy (non-hydrogen) atoms. The first-order valence-corrected chi connectivity index (χ1v) is 9.25. The lowest BCUT2D eigenvalue weighted by Crippen LogP contribution is -2.29. The van der Waals surface area contributed by atoms with Crippen LogP contribution in [-0.4, -0.2) is 27.2 Å². The highest BCUT2D eigenvalue weighted by Crippen LogP contribution is 2.37. The summed E-state index contributed by atoms with van der Waals surface area (Å²) in [6.45, 7) is 0.425. The van der Waals surface area contributed by atoms with Crippen molar-refractivity contribution in [1.29, 1.82) is 0 Å². The Bertz CT molecular complexity index is 1010. The van der Waals surface area contributed by atoms with Gasteiger partial charge in [-0.15, -0.1) is 0 Å². The van der Waals surface area contributed by atoms with Crippen molar-refractivity contribution in [2.45, 2.75) is 11.3 Å². The second-order valence-electron chi connectivity index (χ2n) is 5.70. The molecular formula is C18H16N2O4S. The van der Waals surface area contributed by atoms with Crippen molar-refractivity contribution in [2.24, 2.45) is 0 Å². The predicted molar refractivity (Wildman–Crippen MR) is 93.2 cm³/mol. The van der Waals surface area contributed by atoms with Crippen molar-refractivity contribution in [3.63, 3.8) is 0 Å². The number of para-hydroxylation sites is 1. The van der Waals surface area contributed by atoms with E-state index in [1.54, 1.807) is 24.3 Å². The second-order valence-corrected chi connectivity index (χ2v) is 7.53. The Morgan fingerprint density at radius 1 is 1.16 bits per heavy atom. The Kier molecular flexibility index (Phi) is 3.73. The monoisotopic (exact) mass is 356 g/mol. The third-order valence-electron chi connectivity index (χ3n) is 4.30. The molecule has 2 heterocycles. The highest BCUT2D eigenvalue weighted by Gasteiger charge is 2.32. The molecule has 0 atom stereocenters.